The number of pyridine rings is 1. The molecule has 0 radical (unpaired) electrons. The van der Waals surface area contributed by atoms with Gasteiger partial charge in [-0.15, -0.1) is 16.2 Å². The molecule has 0 spiro atoms. The summed E-state index contributed by atoms with van der Waals surface area (Å²) in [6.07, 6.45) is 6.51. The monoisotopic (exact) mass is 700 g/mol. The van der Waals surface area contributed by atoms with Crippen LogP contribution in [0.5, 0.6) is 0 Å². The van der Waals surface area contributed by atoms with Crippen molar-refractivity contribution in [1.29, 1.82) is 0 Å². The molecule has 0 amide bonds. The summed E-state index contributed by atoms with van der Waals surface area (Å²) in [6.45, 7) is 4.65. The van der Waals surface area contributed by atoms with Gasteiger partial charge in [0.25, 0.3) is 0 Å². The molecule has 1 atom stereocenters. The second kappa shape index (κ2) is 10.00. The smallest absolute Gasteiger partial charge is 0.310 e. The number of allylic oxidation sites excluding steroid dienone is 3. The van der Waals surface area contributed by atoms with Crippen LogP contribution in [0.3, 0.4) is 0 Å². The summed E-state index contributed by atoms with van der Waals surface area (Å²) in [5, 5.41) is 4.64. The average Bonchev–Trinajstić information content (AvgIpc) is 3.77. The van der Waals surface area contributed by atoms with Gasteiger partial charge in [-0.05, 0) is 94.1 Å². The van der Waals surface area contributed by atoms with Crippen LogP contribution >= 0.6 is 11.8 Å². The van der Waals surface area contributed by atoms with Crippen molar-refractivity contribution >= 4 is 66.5 Å². The van der Waals surface area contributed by atoms with Gasteiger partial charge in [0, 0.05) is 32.7 Å². The van der Waals surface area contributed by atoms with Crippen LogP contribution in [0.2, 0.25) is 0 Å². The number of benzene rings is 6. The zero-order chi connectivity index (χ0) is 35.3. The zero-order valence-electron chi connectivity index (χ0n) is 28.9. The summed E-state index contributed by atoms with van der Waals surface area (Å²) < 4.78 is 5.58. The predicted molar refractivity (Wildman–Crippen MR) is 216 cm³/mol. The zero-order valence-corrected chi connectivity index (χ0v) is 29.7. The molecule has 3 aromatic heterocycles. The number of fused-ring (bicyclic) bond motifs is 9. The fourth-order valence-electron chi connectivity index (χ4n) is 9.50. The minimum absolute atomic E-state index is 0.121. The lowest BCUT2D eigenvalue weighted by atomic mass is 9.82. The first kappa shape index (κ1) is 29.3. The largest absolute Gasteiger partial charge is 0.512 e. The number of aromatic nitrogens is 3. The van der Waals surface area contributed by atoms with E-state index in [-0.39, 0.29) is 21.9 Å². The van der Waals surface area contributed by atoms with Crippen LogP contribution in [0.1, 0.15) is 25.0 Å². The number of rotatable bonds is 2. The normalized spacial score (nSPS) is 16.9. The second-order valence-corrected chi connectivity index (χ2v) is 16.2. The molecule has 1 unspecified atom stereocenters. The van der Waals surface area contributed by atoms with Crippen molar-refractivity contribution in [3.63, 3.8) is 0 Å². The van der Waals surface area contributed by atoms with Crippen LogP contribution in [-0.4, -0.2) is 14.2 Å². The van der Waals surface area contributed by atoms with E-state index in [0.717, 1.165) is 49.2 Å². The minimum Gasteiger partial charge on any atom is -0.310 e. The van der Waals surface area contributed by atoms with Crippen LogP contribution in [0.4, 0.5) is 0 Å². The maximum Gasteiger partial charge on any atom is 0.512 e. The molecule has 12 rings (SSSR count). The second-order valence-electron chi connectivity index (χ2n) is 15.0. The Morgan fingerprint density at radius 3 is 2.32 bits per heavy atom. The van der Waals surface area contributed by atoms with Crippen molar-refractivity contribution in [3.05, 3.63) is 177 Å². The van der Waals surface area contributed by atoms with Gasteiger partial charge in [-0.25, -0.2) is 4.79 Å². The number of imidazole rings is 1. The highest BCUT2D eigenvalue weighted by Gasteiger charge is 2.38. The third-order valence-corrected chi connectivity index (χ3v) is 13.2. The average molecular weight is 701 g/mol. The fraction of sp³-hybridized carbons (Fsp3) is 0.0851. The van der Waals surface area contributed by atoms with Gasteiger partial charge in [-0.2, -0.15) is 9.04 Å². The SMILES string of the molecule is CC1(C)c2ccccc2-c2cc3c4ccccc4n(C4=CC5Sc6ccc7c8cc(-c9ccccc9)ccc8c(=O)n8c(=O)[n+](c6c78)=C5C=C4)c3cc21. The van der Waals surface area contributed by atoms with Crippen molar-refractivity contribution in [1.82, 2.24) is 8.97 Å². The van der Waals surface area contributed by atoms with E-state index in [0.29, 0.717) is 10.9 Å². The van der Waals surface area contributed by atoms with E-state index in [9.17, 15) is 9.59 Å². The number of para-hydroxylation sites is 1. The van der Waals surface area contributed by atoms with Gasteiger partial charge in [-0.1, -0.05) is 92.7 Å². The molecule has 2 aliphatic carbocycles. The lowest BCUT2D eigenvalue weighted by Gasteiger charge is -2.23. The van der Waals surface area contributed by atoms with E-state index in [1.807, 2.05) is 30.3 Å². The molecule has 3 aliphatic rings. The van der Waals surface area contributed by atoms with Gasteiger partial charge in [0.2, 0.25) is 0 Å². The van der Waals surface area contributed by atoms with Crippen molar-refractivity contribution < 1.29 is 4.24 Å². The molecule has 250 valence electrons. The van der Waals surface area contributed by atoms with Gasteiger partial charge in [-0.3, -0.25) is 0 Å². The standard InChI is InChI=1S/C47H30N3O2S/c1-47(2)36-14-8-6-12-29(36)34-24-35-30-13-7-9-15-38(30)48(40(35)25-37(34)47)28-17-20-39-42(23-28)53-41-21-19-31-33-22-27(26-10-4-3-5-11-26)16-18-32(33)45(51)50-43(31)44(41)49(39)46(50)52/h3-25,42H,1-2H3/q+1. The molecule has 53 heavy (non-hydrogen) atoms. The molecule has 0 fully saturated rings. The van der Waals surface area contributed by atoms with E-state index in [4.69, 9.17) is 0 Å². The molecular weight excluding hydrogens is 671 g/mol. The fourth-order valence-corrected chi connectivity index (χ4v) is 10.7. The molecule has 0 N–H and O–H groups in total. The number of hydrogen-bond donors (Lipinski definition) is 0. The third-order valence-electron chi connectivity index (χ3n) is 12.0. The number of thioether (sulfide) groups is 1. The number of nitrogens with zero attached hydrogens (tertiary/aromatic N) is 3. The van der Waals surface area contributed by atoms with Gasteiger partial charge >= 0.3 is 11.2 Å². The van der Waals surface area contributed by atoms with Gasteiger partial charge in [0.1, 0.15) is 5.71 Å². The molecule has 5 nitrogen and oxygen atoms in total. The van der Waals surface area contributed by atoms with Crippen molar-refractivity contribution in [2.24, 2.45) is 0 Å². The van der Waals surface area contributed by atoms with Crippen LogP contribution in [-0.2, 0) is 5.41 Å². The van der Waals surface area contributed by atoms with Gasteiger partial charge in [0.15, 0.2) is 11.0 Å². The summed E-state index contributed by atoms with van der Waals surface area (Å²) in [5.74, 6) is 0. The maximum absolute atomic E-state index is 14.4. The molecule has 9 aromatic rings. The Balaban J connectivity index is 1.08. The predicted octanol–water partition coefficient (Wildman–Crippen LogP) is 9.46. The summed E-state index contributed by atoms with van der Waals surface area (Å²) in [7, 11) is 0. The Hall–Kier alpha value is -6.24. The van der Waals surface area contributed by atoms with Crippen LogP contribution < -0.4 is 15.5 Å². The lowest BCUT2D eigenvalue weighted by molar-refractivity contribution is -0.510. The van der Waals surface area contributed by atoms with Crippen molar-refractivity contribution in [2.75, 3.05) is 0 Å². The van der Waals surface area contributed by atoms with E-state index in [1.165, 1.54) is 42.9 Å². The quantitative estimate of drug-likeness (QED) is 0.133. The first-order chi connectivity index (χ1) is 25.9. The Bertz CT molecular complexity index is 3390. The highest BCUT2D eigenvalue weighted by molar-refractivity contribution is 8.00. The van der Waals surface area contributed by atoms with Crippen LogP contribution in [0, 0.1) is 5.71 Å². The van der Waals surface area contributed by atoms with Crippen LogP contribution in [0.25, 0.3) is 76.9 Å². The van der Waals surface area contributed by atoms with Gasteiger partial charge in [0.05, 0.1) is 26.6 Å². The summed E-state index contributed by atoms with van der Waals surface area (Å²) in [5.41, 5.74) is 12.5. The van der Waals surface area contributed by atoms with E-state index in [1.54, 1.807) is 16.0 Å². The summed E-state index contributed by atoms with van der Waals surface area (Å²) >= 11 is 1.74. The van der Waals surface area contributed by atoms with Crippen molar-refractivity contribution in [3.8, 4) is 22.3 Å². The minimum atomic E-state index is -0.312. The lowest BCUT2D eigenvalue weighted by Crippen LogP contribution is -2.45. The summed E-state index contributed by atoms with van der Waals surface area (Å²) in [6, 6.07) is 42.6. The Kier molecular flexibility index (Phi) is 5.54. The molecule has 1 aliphatic heterocycles. The van der Waals surface area contributed by atoms with E-state index in [2.05, 4.69) is 128 Å². The van der Waals surface area contributed by atoms with Crippen LogP contribution in [0.15, 0.2) is 154 Å². The topological polar surface area (TPSA) is 49.4 Å². The maximum atomic E-state index is 14.4. The third kappa shape index (κ3) is 3.66. The molecule has 6 heteroatoms. The molecule has 0 bridgehead atoms. The first-order valence-electron chi connectivity index (χ1n) is 18.1. The highest BCUT2D eigenvalue weighted by atomic mass is 32.2. The Morgan fingerprint density at radius 1 is 0.642 bits per heavy atom. The highest BCUT2D eigenvalue weighted by Crippen LogP contribution is 2.51. The van der Waals surface area contributed by atoms with Gasteiger partial charge < -0.3 is 4.57 Å². The molecule has 4 heterocycles. The van der Waals surface area contributed by atoms with Crippen molar-refractivity contribution in [2.45, 2.75) is 29.4 Å². The molecular formula is C47H30N3O2S+. The Labute approximate surface area is 307 Å². The van der Waals surface area contributed by atoms with E-state index < -0.39 is 0 Å². The molecule has 0 saturated carbocycles. The first-order valence-corrected chi connectivity index (χ1v) is 18.9. The van der Waals surface area contributed by atoms with E-state index >= 15 is 0 Å². The summed E-state index contributed by atoms with van der Waals surface area (Å²) in [4.78, 5) is 29.6. The number of hydrogen-bond acceptors (Lipinski definition) is 3. The Morgan fingerprint density at radius 2 is 1.43 bits per heavy atom. The molecule has 6 aromatic carbocycles. The molecule has 0 saturated heterocycles.